The molecule has 3 aromatic rings. The fraction of sp³-hybridized carbons (Fsp3) is 0.188. The molecule has 1 aliphatic rings. The number of benzene rings is 2. The smallest absolute Gasteiger partial charge is 0.261 e. The van der Waals surface area contributed by atoms with E-state index in [9.17, 15) is 8.42 Å². The molecule has 1 heterocycles. The van der Waals surface area contributed by atoms with Crippen molar-refractivity contribution < 1.29 is 8.42 Å². The van der Waals surface area contributed by atoms with E-state index in [1.165, 1.54) is 18.2 Å². The van der Waals surface area contributed by atoms with Crippen LogP contribution in [0.4, 0.5) is 5.69 Å². The third-order valence-corrected chi connectivity index (χ3v) is 6.08. The van der Waals surface area contributed by atoms with Crippen LogP contribution in [-0.2, 0) is 10.0 Å². The van der Waals surface area contributed by atoms with Gasteiger partial charge >= 0.3 is 0 Å². The van der Waals surface area contributed by atoms with E-state index in [-0.39, 0.29) is 9.92 Å². The maximum Gasteiger partial charge on any atom is 0.261 e. The molecule has 1 aliphatic carbocycles. The maximum atomic E-state index is 12.6. The van der Waals surface area contributed by atoms with E-state index in [2.05, 4.69) is 20.2 Å². The van der Waals surface area contributed by atoms with E-state index in [1.54, 1.807) is 22.9 Å². The summed E-state index contributed by atoms with van der Waals surface area (Å²) in [5, 5.41) is 12.3. The van der Waals surface area contributed by atoms with Crippen molar-refractivity contribution in [3.63, 3.8) is 0 Å². The van der Waals surface area contributed by atoms with Crippen molar-refractivity contribution >= 4 is 38.9 Å². The zero-order chi connectivity index (χ0) is 18.3. The molecule has 0 amide bonds. The van der Waals surface area contributed by atoms with Gasteiger partial charge in [0.15, 0.2) is 5.82 Å². The molecule has 134 valence electrons. The zero-order valence-electron chi connectivity index (χ0n) is 13.3. The first-order chi connectivity index (χ1) is 12.4. The number of rotatable bonds is 5. The standard InChI is InChI=1S/C16H13Cl2N5O2S/c17-14-7-6-13(9-15(14)18)26(24,25)20-11-3-1-2-10(8-11)16-19-21-22-23(16)12-4-5-12/h1-3,6-9,12,20H,4-5H2. The second kappa shape index (κ2) is 6.53. The molecule has 0 atom stereocenters. The maximum absolute atomic E-state index is 12.6. The molecule has 10 heteroatoms. The number of anilines is 1. The Hall–Kier alpha value is -2.16. The number of hydrogen-bond acceptors (Lipinski definition) is 5. The van der Waals surface area contributed by atoms with Crippen LogP contribution in [0.15, 0.2) is 47.4 Å². The minimum atomic E-state index is -3.80. The lowest BCUT2D eigenvalue weighted by Gasteiger charge is -2.10. The number of nitrogens with zero attached hydrogens (tertiary/aromatic N) is 4. The van der Waals surface area contributed by atoms with Gasteiger partial charge in [-0.05, 0) is 53.6 Å². The molecule has 7 nitrogen and oxygen atoms in total. The van der Waals surface area contributed by atoms with Gasteiger partial charge in [0.2, 0.25) is 0 Å². The van der Waals surface area contributed by atoms with Gasteiger partial charge in [0.1, 0.15) is 0 Å². The summed E-state index contributed by atoms with van der Waals surface area (Å²) in [6.07, 6.45) is 2.09. The average molecular weight is 410 g/mol. The Labute approximate surface area is 160 Å². The van der Waals surface area contributed by atoms with Gasteiger partial charge in [-0.3, -0.25) is 4.72 Å². The summed E-state index contributed by atoms with van der Waals surface area (Å²) < 4.78 is 29.5. The van der Waals surface area contributed by atoms with Crippen LogP contribution in [0, 0.1) is 0 Å². The second-order valence-electron chi connectivity index (χ2n) is 5.94. The molecule has 1 fully saturated rings. The Morgan fingerprint density at radius 2 is 1.88 bits per heavy atom. The van der Waals surface area contributed by atoms with E-state index in [1.807, 2.05) is 6.07 Å². The Bertz CT molecular complexity index is 1080. The van der Waals surface area contributed by atoms with Crippen LogP contribution in [0.3, 0.4) is 0 Å². The summed E-state index contributed by atoms with van der Waals surface area (Å²) in [6.45, 7) is 0. The molecule has 1 saturated carbocycles. The summed E-state index contributed by atoms with van der Waals surface area (Å²) in [5.74, 6) is 0.614. The topological polar surface area (TPSA) is 89.8 Å². The second-order valence-corrected chi connectivity index (χ2v) is 8.44. The SMILES string of the molecule is O=S(=O)(Nc1cccc(-c2nnnn2C2CC2)c1)c1ccc(Cl)c(Cl)c1. The minimum Gasteiger partial charge on any atom is -0.280 e. The summed E-state index contributed by atoms with van der Waals surface area (Å²) >= 11 is 11.8. The highest BCUT2D eigenvalue weighted by molar-refractivity contribution is 7.92. The molecular weight excluding hydrogens is 397 g/mol. The average Bonchev–Trinajstić information content (AvgIpc) is 3.33. The molecule has 1 aromatic heterocycles. The van der Waals surface area contributed by atoms with E-state index in [0.29, 0.717) is 22.6 Å². The minimum absolute atomic E-state index is 0.0279. The Morgan fingerprint density at radius 1 is 1.08 bits per heavy atom. The molecule has 26 heavy (non-hydrogen) atoms. The lowest BCUT2D eigenvalue weighted by atomic mass is 10.2. The molecule has 0 radical (unpaired) electrons. The predicted octanol–water partition coefficient (Wildman–Crippen LogP) is 3.78. The van der Waals surface area contributed by atoms with Crippen molar-refractivity contribution in [2.75, 3.05) is 4.72 Å². The van der Waals surface area contributed by atoms with Crippen LogP contribution >= 0.6 is 23.2 Å². The number of tetrazole rings is 1. The summed E-state index contributed by atoms with van der Waals surface area (Å²) in [4.78, 5) is 0.0279. The van der Waals surface area contributed by atoms with Crippen LogP contribution in [0.1, 0.15) is 18.9 Å². The van der Waals surface area contributed by atoms with Crippen LogP contribution in [-0.4, -0.2) is 28.6 Å². The van der Waals surface area contributed by atoms with E-state index >= 15 is 0 Å². The van der Waals surface area contributed by atoms with Crippen molar-refractivity contribution in [3.8, 4) is 11.4 Å². The number of nitrogens with one attached hydrogen (secondary N) is 1. The van der Waals surface area contributed by atoms with Gasteiger partial charge in [0.25, 0.3) is 10.0 Å². The lowest BCUT2D eigenvalue weighted by Crippen LogP contribution is -2.13. The van der Waals surface area contributed by atoms with Crippen molar-refractivity contribution in [2.45, 2.75) is 23.8 Å². The third kappa shape index (κ3) is 3.40. The number of halogens is 2. The van der Waals surface area contributed by atoms with E-state index in [4.69, 9.17) is 23.2 Å². The van der Waals surface area contributed by atoms with Gasteiger partial charge in [-0.2, -0.15) is 0 Å². The lowest BCUT2D eigenvalue weighted by molar-refractivity contribution is 0.601. The van der Waals surface area contributed by atoms with Crippen LogP contribution < -0.4 is 4.72 Å². The van der Waals surface area contributed by atoms with Crippen molar-refractivity contribution in [1.82, 2.24) is 20.2 Å². The van der Waals surface area contributed by atoms with E-state index < -0.39 is 10.0 Å². The largest absolute Gasteiger partial charge is 0.280 e. The number of aromatic nitrogens is 4. The summed E-state index contributed by atoms with van der Waals surface area (Å²) in [7, 11) is -3.80. The molecule has 1 N–H and O–H groups in total. The highest BCUT2D eigenvalue weighted by Gasteiger charge is 2.28. The number of hydrogen-bond donors (Lipinski definition) is 1. The van der Waals surface area contributed by atoms with Gasteiger partial charge in [0.05, 0.1) is 21.0 Å². The van der Waals surface area contributed by atoms with Crippen molar-refractivity contribution in [3.05, 3.63) is 52.5 Å². The van der Waals surface area contributed by atoms with Gasteiger partial charge in [-0.1, -0.05) is 35.3 Å². The molecule has 0 unspecified atom stereocenters. The highest BCUT2D eigenvalue weighted by atomic mass is 35.5. The first-order valence-electron chi connectivity index (χ1n) is 7.80. The van der Waals surface area contributed by atoms with Gasteiger partial charge in [0, 0.05) is 11.3 Å². The molecule has 0 aliphatic heterocycles. The summed E-state index contributed by atoms with van der Waals surface area (Å²) in [6, 6.07) is 11.4. The first kappa shape index (κ1) is 17.3. The molecule has 0 spiro atoms. The Kier molecular flexibility index (Phi) is 4.34. The third-order valence-electron chi connectivity index (χ3n) is 3.96. The fourth-order valence-corrected chi connectivity index (χ4v) is 3.97. The van der Waals surface area contributed by atoms with Crippen molar-refractivity contribution in [2.24, 2.45) is 0 Å². The summed E-state index contributed by atoms with van der Waals surface area (Å²) in [5.41, 5.74) is 1.13. The van der Waals surface area contributed by atoms with Gasteiger partial charge in [-0.25, -0.2) is 13.1 Å². The molecule has 0 saturated heterocycles. The van der Waals surface area contributed by atoms with E-state index in [0.717, 1.165) is 18.4 Å². The van der Waals surface area contributed by atoms with Crippen molar-refractivity contribution in [1.29, 1.82) is 0 Å². The normalized spacial score (nSPS) is 14.4. The highest BCUT2D eigenvalue weighted by Crippen LogP contribution is 2.37. The quantitative estimate of drug-likeness (QED) is 0.692. The predicted molar refractivity (Wildman–Crippen MR) is 98.8 cm³/mol. The van der Waals surface area contributed by atoms with Gasteiger partial charge < -0.3 is 0 Å². The Balaban J connectivity index is 1.64. The van der Waals surface area contributed by atoms with Crippen LogP contribution in [0.2, 0.25) is 10.0 Å². The monoisotopic (exact) mass is 409 g/mol. The first-order valence-corrected chi connectivity index (χ1v) is 10.0. The number of sulfonamides is 1. The van der Waals surface area contributed by atoms with Crippen LogP contribution in [0.5, 0.6) is 0 Å². The molecule has 2 aromatic carbocycles. The fourth-order valence-electron chi connectivity index (χ4n) is 2.53. The van der Waals surface area contributed by atoms with Gasteiger partial charge in [-0.15, -0.1) is 5.10 Å². The Morgan fingerprint density at radius 3 is 2.62 bits per heavy atom. The van der Waals surface area contributed by atoms with Crippen LogP contribution in [0.25, 0.3) is 11.4 Å². The zero-order valence-corrected chi connectivity index (χ0v) is 15.6. The molecule has 4 rings (SSSR count). The molecular formula is C16H13Cl2N5O2S. The molecule has 0 bridgehead atoms.